The van der Waals surface area contributed by atoms with Crippen molar-refractivity contribution in [2.45, 2.75) is 89.6 Å². The van der Waals surface area contributed by atoms with Crippen molar-refractivity contribution in [1.29, 1.82) is 0 Å². The van der Waals surface area contributed by atoms with E-state index < -0.39 is 53.5 Å². The lowest BCUT2D eigenvalue weighted by molar-refractivity contribution is -0.162. The molecule has 1 saturated heterocycles. The van der Waals surface area contributed by atoms with E-state index in [0.717, 1.165) is 18.4 Å². The SMILES string of the molecule is CCCCOC(C)(C)C(=O)NC(=NC=NC)c1ccc([C@]2(NC)O[C@H](COC(=O)Cc3ccccc3)[C@@H](OC(=O)[C@@H](N)C(C)C)[C@H]2O)[nH]1. The molecule has 0 saturated carbocycles. The number of rotatable bonds is 16. The van der Waals surface area contributed by atoms with Crippen molar-refractivity contribution in [3.05, 3.63) is 59.4 Å². The highest BCUT2D eigenvalue weighted by atomic mass is 16.6. The number of unbranched alkanes of at least 4 members (excludes halogenated alkanes) is 1. The fraction of sp³-hybridized carbons (Fsp3) is 0.559. The van der Waals surface area contributed by atoms with Crippen molar-refractivity contribution in [1.82, 2.24) is 15.6 Å². The second-order valence-corrected chi connectivity index (χ2v) is 12.4. The maximum atomic E-state index is 13.2. The summed E-state index contributed by atoms with van der Waals surface area (Å²) in [5.74, 6) is -1.79. The van der Waals surface area contributed by atoms with Gasteiger partial charge in [0.05, 0.1) is 17.8 Å². The number of aromatic nitrogens is 1. The van der Waals surface area contributed by atoms with E-state index in [1.54, 1.807) is 66.1 Å². The first kappa shape index (κ1) is 38.5. The molecule has 48 heavy (non-hydrogen) atoms. The Kier molecular flexibility index (Phi) is 14.0. The highest BCUT2D eigenvalue weighted by Crippen LogP contribution is 2.39. The number of nitrogens with two attached hydrogens (primary N) is 1. The lowest BCUT2D eigenvalue weighted by atomic mass is 9.99. The van der Waals surface area contributed by atoms with E-state index in [2.05, 4.69) is 25.6 Å². The molecule has 0 radical (unpaired) electrons. The minimum absolute atomic E-state index is 0.0191. The predicted molar refractivity (Wildman–Crippen MR) is 180 cm³/mol. The normalized spacial score (nSPS) is 22.2. The highest BCUT2D eigenvalue weighted by molar-refractivity contribution is 6.11. The third-order valence-electron chi connectivity index (χ3n) is 8.03. The van der Waals surface area contributed by atoms with Gasteiger partial charge in [-0.1, -0.05) is 57.5 Å². The summed E-state index contributed by atoms with van der Waals surface area (Å²) in [5.41, 5.74) is 4.68. The number of aliphatic imine (C=N–C) groups is 2. The van der Waals surface area contributed by atoms with Gasteiger partial charge < -0.3 is 40.1 Å². The van der Waals surface area contributed by atoms with Crippen LogP contribution in [0.1, 0.15) is 64.4 Å². The molecule has 1 aromatic heterocycles. The predicted octanol–water partition coefficient (Wildman–Crippen LogP) is 1.94. The molecule has 0 aliphatic carbocycles. The van der Waals surface area contributed by atoms with E-state index in [-0.39, 0.29) is 24.8 Å². The van der Waals surface area contributed by atoms with Crippen LogP contribution >= 0.6 is 0 Å². The first-order chi connectivity index (χ1) is 22.8. The Labute approximate surface area is 281 Å². The molecular formula is C34H50N6O8. The number of likely N-dealkylation sites (N-methyl/N-ethyl adjacent to an activating group) is 1. The van der Waals surface area contributed by atoms with Crippen molar-refractivity contribution >= 4 is 30.0 Å². The van der Waals surface area contributed by atoms with E-state index in [4.69, 9.17) is 24.7 Å². The van der Waals surface area contributed by atoms with Crippen LogP contribution in [-0.4, -0.2) is 97.4 Å². The number of H-pyrrole nitrogens is 1. The number of carbonyl (C=O) groups is 3. The standard InChI is InChI=1S/C34H50N6O8/c1-8-9-17-46-33(4,5)32(44)40-30(38-20-36-6)23-15-16-25(39-23)34(37-7)29(42)28(47-31(43)27(35)21(2)3)24(48-34)19-45-26(41)18-22-13-11-10-12-14-22/h10-16,20-21,24,27-29,37,39,42H,8-9,17-19,35H2,1-7H3,(H,36,38,40,44)/t24-,27+,28-,29-,34+/m1/s1. The molecule has 1 aliphatic rings. The number of ether oxygens (including phenoxy) is 4. The summed E-state index contributed by atoms with van der Waals surface area (Å²) in [6.07, 6.45) is -0.815. The van der Waals surface area contributed by atoms with Gasteiger partial charge >= 0.3 is 11.9 Å². The van der Waals surface area contributed by atoms with Gasteiger partial charge in [0, 0.05) is 13.7 Å². The number of nitrogens with zero attached hydrogens (tertiary/aromatic N) is 2. The van der Waals surface area contributed by atoms with E-state index in [0.29, 0.717) is 18.0 Å². The summed E-state index contributed by atoms with van der Waals surface area (Å²) in [7, 11) is 3.10. The van der Waals surface area contributed by atoms with E-state index >= 15 is 0 Å². The first-order valence-corrected chi connectivity index (χ1v) is 16.1. The molecule has 2 heterocycles. The monoisotopic (exact) mass is 670 g/mol. The quantitative estimate of drug-likeness (QED) is 0.0761. The number of nitrogens with one attached hydrogen (secondary N) is 3. The first-order valence-electron chi connectivity index (χ1n) is 16.1. The minimum atomic E-state index is -1.67. The molecule has 3 rings (SSSR count). The van der Waals surface area contributed by atoms with Crippen molar-refractivity contribution in [2.24, 2.45) is 21.6 Å². The smallest absolute Gasteiger partial charge is 0.323 e. The zero-order valence-corrected chi connectivity index (χ0v) is 28.8. The Morgan fingerprint density at radius 2 is 1.90 bits per heavy atom. The van der Waals surface area contributed by atoms with Gasteiger partial charge in [-0.3, -0.25) is 24.7 Å². The molecule has 5 atom stereocenters. The zero-order chi connectivity index (χ0) is 35.5. The molecule has 6 N–H and O–H groups in total. The van der Waals surface area contributed by atoms with Gasteiger partial charge in [0.15, 0.2) is 17.7 Å². The number of amides is 1. The van der Waals surface area contributed by atoms with Crippen LogP contribution in [0, 0.1) is 5.92 Å². The number of aromatic amines is 1. The molecule has 1 aromatic carbocycles. The Morgan fingerprint density at radius 1 is 1.19 bits per heavy atom. The minimum Gasteiger partial charge on any atom is -0.463 e. The van der Waals surface area contributed by atoms with Crippen LogP contribution < -0.4 is 16.4 Å². The Bertz CT molecular complexity index is 1430. The average molecular weight is 671 g/mol. The second-order valence-electron chi connectivity index (χ2n) is 12.4. The van der Waals surface area contributed by atoms with Gasteiger partial charge in [-0.25, -0.2) is 4.99 Å². The van der Waals surface area contributed by atoms with Gasteiger partial charge in [0.2, 0.25) is 0 Å². The third kappa shape index (κ3) is 9.57. The van der Waals surface area contributed by atoms with Crippen LogP contribution in [0.5, 0.6) is 0 Å². The number of hydrogen-bond donors (Lipinski definition) is 5. The van der Waals surface area contributed by atoms with Gasteiger partial charge in [-0.05, 0) is 50.9 Å². The fourth-order valence-electron chi connectivity index (χ4n) is 4.95. The molecule has 14 heteroatoms. The molecule has 264 valence electrons. The molecule has 1 amide bonds. The summed E-state index contributed by atoms with van der Waals surface area (Å²) in [6, 6.07) is 11.4. The molecule has 1 fully saturated rings. The van der Waals surface area contributed by atoms with Crippen LogP contribution in [-0.2, 0) is 45.5 Å². The summed E-state index contributed by atoms with van der Waals surface area (Å²) in [4.78, 5) is 50.3. The zero-order valence-electron chi connectivity index (χ0n) is 28.8. The summed E-state index contributed by atoms with van der Waals surface area (Å²) < 4.78 is 23.4. The van der Waals surface area contributed by atoms with Crippen LogP contribution in [0.4, 0.5) is 0 Å². The average Bonchev–Trinajstić information content (AvgIpc) is 3.65. The molecule has 0 unspecified atom stereocenters. The van der Waals surface area contributed by atoms with Crippen molar-refractivity contribution < 1.29 is 38.4 Å². The van der Waals surface area contributed by atoms with Crippen molar-refractivity contribution in [3.63, 3.8) is 0 Å². The van der Waals surface area contributed by atoms with E-state index in [1.807, 2.05) is 25.1 Å². The molecule has 0 spiro atoms. The number of aliphatic hydroxyl groups is 1. The van der Waals surface area contributed by atoms with Gasteiger partial charge in [-0.15, -0.1) is 0 Å². The van der Waals surface area contributed by atoms with Crippen LogP contribution in [0.3, 0.4) is 0 Å². The maximum Gasteiger partial charge on any atom is 0.323 e. The molecule has 1 aliphatic heterocycles. The lowest BCUT2D eigenvalue weighted by Gasteiger charge is -2.31. The summed E-state index contributed by atoms with van der Waals surface area (Å²) >= 11 is 0. The van der Waals surface area contributed by atoms with E-state index in [1.165, 1.54) is 6.34 Å². The van der Waals surface area contributed by atoms with Crippen molar-refractivity contribution in [2.75, 3.05) is 27.3 Å². The summed E-state index contributed by atoms with van der Waals surface area (Å²) in [5, 5.41) is 17.5. The Hall–Kier alpha value is -3.95. The molecular weight excluding hydrogens is 620 g/mol. The maximum absolute atomic E-state index is 13.2. The molecule has 0 bridgehead atoms. The van der Waals surface area contributed by atoms with Crippen molar-refractivity contribution in [3.8, 4) is 0 Å². The Balaban J connectivity index is 1.90. The second kappa shape index (κ2) is 17.4. The van der Waals surface area contributed by atoms with Gasteiger partial charge in [0.1, 0.15) is 36.8 Å². The summed E-state index contributed by atoms with van der Waals surface area (Å²) in [6.45, 7) is 9.01. The molecule has 14 nitrogen and oxygen atoms in total. The topological polar surface area (TPSA) is 199 Å². The van der Waals surface area contributed by atoms with Crippen LogP contribution in [0.25, 0.3) is 0 Å². The van der Waals surface area contributed by atoms with E-state index in [9.17, 15) is 19.5 Å². The number of amidine groups is 1. The van der Waals surface area contributed by atoms with Gasteiger partial charge in [-0.2, -0.15) is 0 Å². The number of carbonyl (C=O) groups excluding carboxylic acids is 3. The number of aliphatic hydroxyl groups excluding tert-OH is 1. The van der Waals surface area contributed by atoms with Crippen LogP contribution in [0.2, 0.25) is 0 Å². The largest absolute Gasteiger partial charge is 0.463 e. The number of hydrogen-bond acceptors (Lipinski definition) is 11. The fourth-order valence-corrected chi connectivity index (χ4v) is 4.95. The lowest BCUT2D eigenvalue weighted by Crippen LogP contribution is -2.52. The Morgan fingerprint density at radius 3 is 2.52 bits per heavy atom. The number of esters is 2. The highest BCUT2D eigenvalue weighted by Gasteiger charge is 2.58. The van der Waals surface area contributed by atoms with Gasteiger partial charge in [0.25, 0.3) is 5.91 Å². The third-order valence-corrected chi connectivity index (χ3v) is 8.03. The number of benzene rings is 1. The van der Waals surface area contributed by atoms with Crippen LogP contribution in [0.15, 0.2) is 52.4 Å². The molecule has 2 aromatic rings.